The molecule has 596 valence electrons. The number of allylic oxidation sites excluding steroid dienone is 6. The van der Waals surface area contributed by atoms with Crippen LogP contribution in [0.2, 0.25) is 0 Å². The number of pyridine rings is 6. The van der Waals surface area contributed by atoms with Gasteiger partial charge in [0.15, 0.2) is 6.23 Å². The van der Waals surface area contributed by atoms with Crippen LogP contribution in [-0.2, 0) is 46.1 Å². The van der Waals surface area contributed by atoms with Crippen molar-refractivity contribution in [3.05, 3.63) is 187 Å². The van der Waals surface area contributed by atoms with Crippen LogP contribution in [0.5, 0.6) is 0 Å². The number of dihydropyridines is 2. The molecule has 0 aromatic carbocycles. The van der Waals surface area contributed by atoms with E-state index >= 15 is 0 Å². The van der Waals surface area contributed by atoms with Crippen LogP contribution in [0.3, 0.4) is 0 Å². The van der Waals surface area contributed by atoms with Gasteiger partial charge in [0.2, 0.25) is 5.56 Å². The maximum absolute atomic E-state index is 12.7. The van der Waals surface area contributed by atoms with Crippen molar-refractivity contribution >= 4 is 71.2 Å². The first-order valence-corrected chi connectivity index (χ1v) is 39.8. The number of fused-ring (bicyclic) bond motifs is 4. The van der Waals surface area contributed by atoms with E-state index in [4.69, 9.17) is 43.9 Å². The highest BCUT2D eigenvalue weighted by atomic mass is 32.2. The number of alkyl halides is 3. The van der Waals surface area contributed by atoms with Crippen LogP contribution in [0, 0.1) is 61.3 Å². The van der Waals surface area contributed by atoms with Gasteiger partial charge in [-0.15, -0.1) is 0 Å². The highest BCUT2D eigenvalue weighted by Gasteiger charge is 2.49. The Bertz CT molecular complexity index is 5340. The molecule has 1 saturated carbocycles. The van der Waals surface area contributed by atoms with Crippen molar-refractivity contribution in [3.63, 3.8) is 0 Å². The summed E-state index contributed by atoms with van der Waals surface area (Å²) in [5.74, 6) is 1.80. The second kappa shape index (κ2) is 35.6. The molecular weight excluding hydrogens is 1430 g/mol. The monoisotopic (exact) mass is 1540 g/mol. The average molecular weight is 1540 g/mol. The fourth-order valence-electron chi connectivity index (χ4n) is 15.0. The molecule has 12 heterocycles. The number of rotatable bonds is 24. The first-order valence-electron chi connectivity index (χ1n) is 38.4. The van der Waals surface area contributed by atoms with Gasteiger partial charge in [0, 0.05) is 119 Å². The van der Waals surface area contributed by atoms with Gasteiger partial charge < -0.3 is 57.7 Å². The predicted molar refractivity (Wildman–Crippen MR) is 441 cm³/mol. The highest BCUT2D eigenvalue weighted by molar-refractivity contribution is 7.87. The number of halogens is 3. The maximum atomic E-state index is 12.7. The van der Waals surface area contributed by atoms with Crippen molar-refractivity contribution in [2.75, 3.05) is 73.9 Å². The largest absolute Gasteiger partial charge is 0.523 e. The highest BCUT2D eigenvalue weighted by Crippen LogP contribution is 2.40. The molecule has 0 radical (unpaired) electrons. The molecule has 1 fully saturated rings. The Balaban J connectivity index is 0.000000158. The third kappa shape index (κ3) is 18.3. The number of aromatic amines is 1. The van der Waals surface area contributed by atoms with Gasteiger partial charge in [-0.2, -0.15) is 21.6 Å². The Morgan fingerprint density at radius 2 is 0.883 bits per heavy atom. The summed E-state index contributed by atoms with van der Waals surface area (Å²) in [5.41, 5.74) is 23.4. The summed E-state index contributed by atoms with van der Waals surface area (Å²) >= 11 is 0. The Kier molecular flexibility index (Phi) is 27.0. The van der Waals surface area contributed by atoms with Crippen molar-refractivity contribution in [3.8, 4) is 22.5 Å². The molecular formula is C86H112F3N13O8S. The molecule has 21 nitrogen and oxygen atoms in total. The lowest BCUT2D eigenvalue weighted by Gasteiger charge is -2.25. The minimum atomic E-state index is -5.73. The third-order valence-corrected chi connectivity index (χ3v) is 22.0. The van der Waals surface area contributed by atoms with Gasteiger partial charge in [-0.25, -0.2) is 29.1 Å². The van der Waals surface area contributed by atoms with Crippen LogP contribution >= 0.6 is 0 Å². The van der Waals surface area contributed by atoms with Gasteiger partial charge in [0.1, 0.15) is 5.82 Å². The zero-order chi connectivity index (χ0) is 80.8. The smallest absolute Gasteiger partial charge is 0.383 e. The van der Waals surface area contributed by atoms with E-state index in [1.54, 1.807) is 47.5 Å². The van der Waals surface area contributed by atoms with E-state index in [9.17, 15) is 26.4 Å². The summed E-state index contributed by atoms with van der Waals surface area (Å²) < 4.78 is 95.2. The van der Waals surface area contributed by atoms with Gasteiger partial charge in [-0.05, 0) is 221 Å². The molecule has 0 bridgehead atoms. The third-order valence-electron chi connectivity index (χ3n) is 20.9. The Hall–Kier alpha value is -9.24. The number of H-pyrrole nitrogens is 1. The number of hydrogen-bond acceptors (Lipinski definition) is 16. The van der Waals surface area contributed by atoms with Gasteiger partial charge in [0.05, 0.1) is 123 Å². The van der Waals surface area contributed by atoms with Gasteiger partial charge in [-0.3, -0.25) is 4.79 Å². The molecule has 0 saturated heterocycles. The molecule has 25 heteroatoms. The van der Waals surface area contributed by atoms with Crippen LogP contribution in [0.1, 0.15) is 173 Å². The van der Waals surface area contributed by atoms with Gasteiger partial charge in [-0.1, -0.05) is 45.9 Å². The SMILES string of the molecule is CCC1=C(c2nc3c(C)cn([C@@H](C)COC)c3cc2C)C=CC(C2CC2)N1.CCC1=C(c2nc3c(C)cn([C@@H](C)COC)c3cc2C)C=CC(OS(=O)(=O)C(F)(F)F)N1.CCc1[nH]c(=O)ccc1-c1nc2c(C)cn([C@@H](C)COC)c2cc1C.CCc1nc(N(C)C)ccc1-c1nc2c(C)cn([C@@H](C)COC)c2cc1C. The van der Waals surface area contributed by atoms with Crippen LogP contribution in [0.4, 0.5) is 19.0 Å². The molecule has 2 aliphatic heterocycles. The molecule has 10 aromatic heterocycles. The van der Waals surface area contributed by atoms with E-state index in [0.29, 0.717) is 61.9 Å². The van der Waals surface area contributed by atoms with Gasteiger partial charge in [0.25, 0.3) is 0 Å². The second-order valence-electron chi connectivity index (χ2n) is 29.9. The maximum Gasteiger partial charge on any atom is 0.523 e. The standard InChI is InChI=1S/C23H31N3O.C22H30N4O.C21H26F3N3O4S.C20H25N3O2/c1-6-19-18(9-10-20(24-19)17-7-8-17)22-14(2)11-21-23(25-22)15(3)12-26(21)16(4)13-27-5;1-8-18-17(9-10-20(23-18)25(5)6)21-14(2)11-19-22(24-21)15(3)12-26(19)16(4)13-27-7;1-6-16-15(7-8-18(25-16)31-32(28,29)21(22,23)24)19-12(2)9-17-20(26-19)13(3)10-27(17)14(4)11-30-5;1-6-16-15(7-8-18(24)21-16)19-12(2)9-17-20(22-19)13(3)10-23(17)14(4)11-25-5/h9-12,16-17,20,24H,6-8,13H2,1-5H3;9-12,16H,8,13H2,1-7H3;7-10,14,18,25H,6,11H2,1-5H3;7-10,14H,6,11H2,1-5H3,(H,21,24)/t16-,20?;16-;14-,18?;14-/m0000/s1. The fourth-order valence-corrected chi connectivity index (χ4v) is 15.5. The fraction of sp³-hybridized carbons (Fsp3) is 0.465. The molecule has 10 aromatic rings. The van der Waals surface area contributed by atoms with E-state index in [-0.39, 0.29) is 23.7 Å². The van der Waals surface area contributed by atoms with Crippen molar-refractivity contribution in [1.29, 1.82) is 0 Å². The Labute approximate surface area is 651 Å². The van der Waals surface area contributed by atoms with Gasteiger partial charge >= 0.3 is 15.6 Å². The molecule has 111 heavy (non-hydrogen) atoms. The summed E-state index contributed by atoms with van der Waals surface area (Å²) in [7, 11) is 5.18. The molecule has 2 unspecified atom stereocenters. The first kappa shape index (κ1) is 84.2. The van der Waals surface area contributed by atoms with Crippen molar-refractivity contribution in [2.24, 2.45) is 5.92 Å². The zero-order valence-corrected chi connectivity index (χ0v) is 69.4. The van der Waals surface area contributed by atoms with E-state index in [2.05, 4.69) is 175 Å². The van der Waals surface area contributed by atoms with E-state index in [1.165, 1.54) is 58.0 Å². The summed E-state index contributed by atoms with van der Waals surface area (Å²) in [6.07, 6.45) is 20.3. The normalized spacial score (nSPS) is 16.3. The lowest BCUT2D eigenvalue weighted by Crippen LogP contribution is -2.38. The molecule has 13 rings (SSSR count). The number of aryl methyl sites for hydroxylation is 10. The summed E-state index contributed by atoms with van der Waals surface area (Å²) in [6, 6.07) is 17.8. The number of anilines is 1. The number of hydrogen-bond donors (Lipinski definition) is 3. The summed E-state index contributed by atoms with van der Waals surface area (Å²) in [6.45, 7) is 35.9. The van der Waals surface area contributed by atoms with Crippen LogP contribution in [0.25, 0.3) is 77.8 Å². The van der Waals surface area contributed by atoms with Crippen molar-refractivity contribution in [2.45, 2.75) is 191 Å². The van der Waals surface area contributed by atoms with Crippen molar-refractivity contribution < 1.29 is 44.7 Å². The van der Waals surface area contributed by atoms with Crippen molar-refractivity contribution in [1.82, 2.24) is 58.8 Å². The summed E-state index contributed by atoms with van der Waals surface area (Å²) in [5, 5.41) is 6.51. The zero-order valence-electron chi connectivity index (χ0n) is 68.6. The molecule has 3 aliphatic rings. The second-order valence-corrected chi connectivity index (χ2v) is 31.5. The molecule has 1 aliphatic carbocycles. The Morgan fingerprint density at radius 1 is 0.505 bits per heavy atom. The van der Waals surface area contributed by atoms with Crippen LogP contribution < -0.4 is 21.1 Å². The lowest BCUT2D eigenvalue weighted by molar-refractivity contribution is -0.0566. The molecule has 3 N–H and O–H groups in total. The minimum absolute atomic E-state index is 0.0740. The van der Waals surface area contributed by atoms with E-state index in [0.717, 1.165) is 131 Å². The average Bonchev–Trinajstić information content (AvgIpc) is 1.69. The van der Waals surface area contributed by atoms with E-state index in [1.807, 2.05) is 65.0 Å². The first-order chi connectivity index (χ1) is 52.7. The van der Waals surface area contributed by atoms with E-state index < -0.39 is 21.9 Å². The predicted octanol–water partition coefficient (Wildman–Crippen LogP) is 17.6. The van der Waals surface area contributed by atoms with Crippen LogP contribution in [-0.4, -0.2) is 143 Å². The molecule has 0 amide bonds. The summed E-state index contributed by atoms with van der Waals surface area (Å²) in [4.78, 5) is 41.5. The number of aromatic nitrogens is 10. The minimum Gasteiger partial charge on any atom is -0.383 e. The number of ether oxygens (including phenoxy) is 4. The Morgan fingerprint density at radius 3 is 1.25 bits per heavy atom. The molecule has 6 atom stereocenters. The number of nitrogens with zero attached hydrogens (tertiary/aromatic N) is 10. The number of methoxy groups -OCH3 is 4. The topological polar surface area (TPSA) is 225 Å². The molecule has 0 spiro atoms. The lowest BCUT2D eigenvalue weighted by atomic mass is 9.96. The quantitative estimate of drug-likeness (QED) is 0.0378. The van der Waals surface area contributed by atoms with Crippen LogP contribution in [0.15, 0.2) is 114 Å². The number of nitrogens with one attached hydrogen (secondary N) is 3.